The molecule has 3 N–H and O–H groups in total. The van der Waals surface area contributed by atoms with Gasteiger partial charge >= 0.3 is 0 Å². The van der Waals surface area contributed by atoms with Crippen molar-refractivity contribution in [2.24, 2.45) is 0 Å². The summed E-state index contributed by atoms with van der Waals surface area (Å²) in [5.41, 5.74) is 5.77. The van der Waals surface area contributed by atoms with Gasteiger partial charge in [-0.25, -0.2) is 12.8 Å². The number of nitrogens with two attached hydrogens (primary N) is 1. The van der Waals surface area contributed by atoms with Gasteiger partial charge in [0.2, 0.25) is 0 Å². The highest BCUT2D eigenvalue weighted by Gasteiger charge is 2.16. The van der Waals surface area contributed by atoms with Crippen LogP contribution in [0.15, 0.2) is 39.9 Å². The smallest absolute Gasteiger partial charge is 0.271 e. The van der Waals surface area contributed by atoms with E-state index < -0.39 is 15.8 Å². The first kappa shape index (κ1) is 11.9. The van der Waals surface area contributed by atoms with Crippen molar-refractivity contribution in [3.05, 3.63) is 41.5 Å². The van der Waals surface area contributed by atoms with E-state index in [1.807, 2.05) is 0 Å². The van der Waals surface area contributed by atoms with Crippen LogP contribution in [0.3, 0.4) is 0 Å². The van der Waals surface area contributed by atoms with Crippen molar-refractivity contribution in [1.29, 1.82) is 0 Å². The molecule has 2 rings (SSSR count). The molecule has 1 aromatic heterocycles. The molecule has 1 aromatic carbocycles. The second-order valence-corrected chi connectivity index (χ2v) is 6.13. The normalized spacial score (nSPS) is 11.4. The van der Waals surface area contributed by atoms with E-state index >= 15 is 0 Å². The lowest BCUT2D eigenvalue weighted by atomic mass is 10.3. The van der Waals surface area contributed by atoms with Crippen LogP contribution in [-0.4, -0.2) is 8.42 Å². The van der Waals surface area contributed by atoms with Crippen LogP contribution in [0.5, 0.6) is 0 Å². The molecule has 0 saturated carbocycles. The average molecular weight is 272 g/mol. The minimum absolute atomic E-state index is 0.0402. The van der Waals surface area contributed by atoms with Crippen LogP contribution in [0.2, 0.25) is 0 Å². The van der Waals surface area contributed by atoms with Gasteiger partial charge in [-0.05, 0) is 23.6 Å². The number of nitrogens with one attached hydrogen (secondary N) is 1. The highest BCUT2D eigenvalue weighted by molar-refractivity contribution is 7.94. The van der Waals surface area contributed by atoms with Crippen molar-refractivity contribution >= 4 is 32.7 Å². The monoisotopic (exact) mass is 272 g/mol. The van der Waals surface area contributed by atoms with E-state index in [2.05, 4.69) is 4.72 Å². The first-order valence-corrected chi connectivity index (χ1v) is 6.97. The van der Waals surface area contributed by atoms with E-state index in [4.69, 9.17) is 5.73 Å². The van der Waals surface area contributed by atoms with Gasteiger partial charge in [0.25, 0.3) is 10.0 Å². The predicted octanol–water partition coefficient (Wildman–Crippen LogP) is 2.27. The Labute approximate surface area is 102 Å². The van der Waals surface area contributed by atoms with Crippen molar-refractivity contribution in [2.75, 3.05) is 10.5 Å². The molecule has 4 nitrogen and oxygen atoms in total. The fourth-order valence-electron chi connectivity index (χ4n) is 1.23. The van der Waals surface area contributed by atoms with E-state index in [9.17, 15) is 12.8 Å². The molecule has 0 unspecified atom stereocenters. The van der Waals surface area contributed by atoms with Crippen LogP contribution < -0.4 is 10.5 Å². The van der Waals surface area contributed by atoms with E-state index in [1.165, 1.54) is 12.1 Å². The summed E-state index contributed by atoms with van der Waals surface area (Å²) in [4.78, 5) is 0. The second kappa shape index (κ2) is 4.34. The molecule has 1 heterocycles. The van der Waals surface area contributed by atoms with Crippen molar-refractivity contribution < 1.29 is 12.8 Å². The Kier molecular flexibility index (Phi) is 3.03. The third-order valence-corrected chi connectivity index (χ3v) is 4.78. The van der Waals surface area contributed by atoms with Crippen molar-refractivity contribution in [3.8, 4) is 0 Å². The molecule has 0 aliphatic heterocycles. The summed E-state index contributed by atoms with van der Waals surface area (Å²) >= 11 is 1.07. The van der Waals surface area contributed by atoms with E-state index in [0.717, 1.165) is 23.5 Å². The minimum Gasteiger partial charge on any atom is -0.397 e. The maximum atomic E-state index is 13.0. The van der Waals surface area contributed by atoms with E-state index in [1.54, 1.807) is 11.4 Å². The van der Waals surface area contributed by atoms with Gasteiger partial charge in [-0.15, -0.1) is 11.3 Å². The molecule has 0 bridgehead atoms. The van der Waals surface area contributed by atoms with Gasteiger partial charge in [0.05, 0.1) is 11.4 Å². The van der Waals surface area contributed by atoms with Crippen LogP contribution in [0.4, 0.5) is 15.8 Å². The summed E-state index contributed by atoms with van der Waals surface area (Å²) in [5, 5.41) is 1.64. The molecule has 2 aromatic rings. The standard InChI is InChI=1S/C10H9FN2O2S2/c11-7-3-4-8(12)9(6-7)13-17(14,15)10-2-1-5-16-10/h1-6,13H,12H2. The highest BCUT2D eigenvalue weighted by Crippen LogP contribution is 2.24. The van der Waals surface area contributed by atoms with Crippen LogP contribution in [0, 0.1) is 5.82 Å². The lowest BCUT2D eigenvalue weighted by Gasteiger charge is -2.08. The zero-order chi connectivity index (χ0) is 12.5. The molecule has 0 fully saturated rings. The maximum absolute atomic E-state index is 13.0. The Morgan fingerprint density at radius 2 is 2.06 bits per heavy atom. The summed E-state index contributed by atoms with van der Waals surface area (Å²) in [5.74, 6) is -0.553. The van der Waals surface area contributed by atoms with Gasteiger partial charge in [-0.3, -0.25) is 4.72 Å². The Morgan fingerprint density at radius 1 is 1.29 bits per heavy atom. The molecule has 0 spiro atoms. The van der Waals surface area contributed by atoms with Gasteiger partial charge in [0.15, 0.2) is 0 Å². The van der Waals surface area contributed by atoms with E-state index in [-0.39, 0.29) is 15.6 Å². The SMILES string of the molecule is Nc1ccc(F)cc1NS(=O)(=O)c1cccs1. The van der Waals surface area contributed by atoms with Crippen LogP contribution in [0.1, 0.15) is 0 Å². The summed E-state index contributed by atoms with van der Waals surface area (Å²) < 4.78 is 39.1. The third-order valence-electron chi connectivity index (χ3n) is 2.02. The van der Waals surface area contributed by atoms with Crippen LogP contribution >= 0.6 is 11.3 Å². The lowest BCUT2D eigenvalue weighted by Crippen LogP contribution is -2.13. The zero-order valence-electron chi connectivity index (χ0n) is 8.55. The van der Waals surface area contributed by atoms with Crippen LogP contribution in [0.25, 0.3) is 0 Å². The molecule has 0 aliphatic carbocycles. The Balaban J connectivity index is 2.36. The molecule has 0 aliphatic rings. The number of anilines is 2. The van der Waals surface area contributed by atoms with Gasteiger partial charge in [0.1, 0.15) is 10.0 Å². The summed E-state index contributed by atoms with van der Waals surface area (Å²) in [6.07, 6.45) is 0. The molecule has 90 valence electrons. The summed E-state index contributed by atoms with van der Waals surface area (Å²) in [6.45, 7) is 0. The molecule has 7 heteroatoms. The Morgan fingerprint density at radius 3 is 2.71 bits per heavy atom. The second-order valence-electron chi connectivity index (χ2n) is 3.27. The number of hydrogen-bond donors (Lipinski definition) is 2. The first-order valence-electron chi connectivity index (χ1n) is 4.60. The molecule has 17 heavy (non-hydrogen) atoms. The average Bonchev–Trinajstić information content (AvgIpc) is 2.77. The fourth-order valence-corrected chi connectivity index (χ4v) is 3.30. The van der Waals surface area contributed by atoms with Crippen molar-refractivity contribution in [2.45, 2.75) is 4.21 Å². The van der Waals surface area contributed by atoms with Crippen molar-refractivity contribution in [3.63, 3.8) is 0 Å². The predicted molar refractivity (Wildman–Crippen MR) is 65.9 cm³/mol. The largest absolute Gasteiger partial charge is 0.397 e. The lowest BCUT2D eigenvalue weighted by molar-refractivity contribution is 0.603. The molecule has 0 saturated heterocycles. The number of rotatable bonds is 3. The number of halogens is 1. The summed E-state index contributed by atoms with van der Waals surface area (Å²) in [6, 6.07) is 6.59. The highest BCUT2D eigenvalue weighted by atomic mass is 32.2. The number of benzene rings is 1. The van der Waals surface area contributed by atoms with Gasteiger partial charge < -0.3 is 5.73 Å². The van der Waals surface area contributed by atoms with Gasteiger partial charge in [0, 0.05) is 6.07 Å². The minimum atomic E-state index is -3.69. The number of sulfonamides is 1. The Bertz CT molecular complexity index is 624. The number of thiophene rings is 1. The zero-order valence-corrected chi connectivity index (χ0v) is 10.2. The quantitative estimate of drug-likeness (QED) is 0.842. The first-order chi connectivity index (χ1) is 7.99. The maximum Gasteiger partial charge on any atom is 0.271 e. The number of hydrogen-bond acceptors (Lipinski definition) is 4. The molecule has 0 radical (unpaired) electrons. The number of nitrogen functional groups attached to an aromatic ring is 1. The van der Waals surface area contributed by atoms with E-state index in [0.29, 0.717) is 0 Å². The van der Waals surface area contributed by atoms with Crippen LogP contribution in [-0.2, 0) is 10.0 Å². The third kappa shape index (κ3) is 2.56. The summed E-state index contributed by atoms with van der Waals surface area (Å²) in [7, 11) is -3.69. The fraction of sp³-hybridized carbons (Fsp3) is 0. The Hall–Kier alpha value is -1.60. The molecular weight excluding hydrogens is 263 g/mol. The molecule has 0 atom stereocenters. The van der Waals surface area contributed by atoms with Gasteiger partial charge in [-0.2, -0.15) is 0 Å². The van der Waals surface area contributed by atoms with Crippen molar-refractivity contribution in [1.82, 2.24) is 0 Å². The topological polar surface area (TPSA) is 72.2 Å². The molecule has 0 amide bonds. The van der Waals surface area contributed by atoms with Gasteiger partial charge in [-0.1, -0.05) is 6.07 Å². The molecular formula is C10H9FN2O2S2.